The van der Waals surface area contributed by atoms with Crippen molar-refractivity contribution in [2.75, 3.05) is 0 Å². The summed E-state index contributed by atoms with van der Waals surface area (Å²) >= 11 is 0. The molecule has 1 aromatic rings. The van der Waals surface area contributed by atoms with E-state index < -0.39 is 24.0 Å². The van der Waals surface area contributed by atoms with Crippen molar-refractivity contribution in [2.24, 2.45) is 0 Å². The fraction of sp³-hybridized carbons (Fsp3) is 0.357. The first-order chi connectivity index (χ1) is 9.31. The Balaban J connectivity index is 2.68. The van der Waals surface area contributed by atoms with E-state index in [-0.39, 0.29) is 5.78 Å². The molecule has 108 valence electrons. The van der Waals surface area contributed by atoms with E-state index in [1.54, 1.807) is 18.2 Å². The number of ether oxygens (including phenoxy) is 1. The number of carbonyl (C=O) groups is 3. The lowest BCUT2D eigenvalue weighted by atomic mass is 10.1. The van der Waals surface area contributed by atoms with Crippen LogP contribution in [0.5, 0.6) is 5.75 Å². The van der Waals surface area contributed by atoms with E-state index in [9.17, 15) is 14.4 Å². The second kappa shape index (κ2) is 6.70. The Labute approximate surface area is 116 Å². The Kier molecular flexibility index (Phi) is 5.25. The van der Waals surface area contributed by atoms with Gasteiger partial charge in [0.1, 0.15) is 11.8 Å². The van der Waals surface area contributed by atoms with Crippen LogP contribution in [-0.4, -0.2) is 34.9 Å². The Morgan fingerprint density at radius 2 is 1.90 bits per heavy atom. The van der Waals surface area contributed by atoms with E-state index in [1.165, 1.54) is 26.8 Å². The number of ketones is 1. The molecule has 2 atom stereocenters. The van der Waals surface area contributed by atoms with Gasteiger partial charge in [0.2, 0.25) is 0 Å². The third-order valence-corrected chi connectivity index (χ3v) is 2.65. The van der Waals surface area contributed by atoms with Crippen molar-refractivity contribution in [1.29, 1.82) is 0 Å². The normalized spacial score (nSPS) is 13.2. The summed E-state index contributed by atoms with van der Waals surface area (Å²) in [6.07, 6.45) is -0.862. The van der Waals surface area contributed by atoms with Crippen LogP contribution in [0, 0.1) is 0 Å². The highest BCUT2D eigenvalue weighted by atomic mass is 16.5. The van der Waals surface area contributed by atoms with Gasteiger partial charge in [-0.1, -0.05) is 12.1 Å². The number of aliphatic carboxylic acids is 1. The number of carboxylic acids is 1. The number of hydrogen-bond donors (Lipinski definition) is 2. The topological polar surface area (TPSA) is 92.7 Å². The molecule has 0 aliphatic rings. The third-order valence-electron chi connectivity index (χ3n) is 2.65. The zero-order valence-electron chi connectivity index (χ0n) is 11.5. The molecule has 1 aromatic carbocycles. The molecule has 0 heterocycles. The molecule has 2 N–H and O–H groups in total. The molecule has 0 saturated heterocycles. The van der Waals surface area contributed by atoms with E-state index in [0.717, 1.165) is 0 Å². The molecule has 1 rings (SSSR count). The maximum atomic E-state index is 11.7. The number of amides is 1. The quantitative estimate of drug-likeness (QED) is 0.764. The molecule has 0 aromatic heterocycles. The van der Waals surface area contributed by atoms with Crippen molar-refractivity contribution < 1.29 is 24.2 Å². The number of Topliss-reactive ketones (excluding diaryl/α,β-unsaturated/α-hetero) is 1. The number of nitrogens with one attached hydrogen (secondary N) is 1. The van der Waals surface area contributed by atoms with Crippen LogP contribution in [0.4, 0.5) is 0 Å². The van der Waals surface area contributed by atoms with Gasteiger partial charge in [-0.05, 0) is 32.9 Å². The fourth-order valence-corrected chi connectivity index (χ4v) is 1.44. The number of hydrogen-bond acceptors (Lipinski definition) is 4. The Morgan fingerprint density at radius 1 is 1.25 bits per heavy atom. The maximum Gasteiger partial charge on any atom is 0.325 e. The second-order valence-electron chi connectivity index (χ2n) is 4.41. The van der Waals surface area contributed by atoms with Gasteiger partial charge in [0.05, 0.1) is 0 Å². The summed E-state index contributed by atoms with van der Waals surface area (Å²) in [5.74, 6) is -1.38. The SMILES string of the molecule is CC(=O)c1cccc(OC(C)C(=O)NC(C)C(=O)O)c1. The first-order valence-corrected chi connectivity index (χ1v) is 6.12. The summed E-state index contributed by atoms with van der Waals surface area (Å²) in [4.78, 5) is 33.6. The van der Waals surface area contributed by atoms with Crippen molar-refractivity contribution in [3.05, 3.63) is 29.8 Å². The van der Waals surface area contributed by atoms with Crippen LogP contribution in [0.2, 0.25) is 0 Å². The Bertz CT molecular complexity index is 526. The van der Waals surface area contributed by atoms with Gasteiger partial charge in [0, 0.05) is 5.56 Å². The van der Waals surface area contributed by atoms with E-state index >= 15 is 0 Å². The molecule has 0 spiro atoms. The minimum atomic E-state index is -1.12. The molecule has 2 unspecified atom stereocenters. The zero-order valence-corrected chi connectivity index (χ0v) is 11.5. The average Bonchev–Trinajstić information content (AvgIpc) is 2.38. The van der Waals surface area contributed by atoms with Crippen LogP contribution in [0.1, 0.15) is 31.1 Å². The number of benzene rings is 1. The predicted octanol–water partition coefficient (Wildman–Crippen LogP) is 1.25. The van der Waals surface area contributed by atoms with Crippen LogP contribution in [0.25, 0.3) is 0 Å². The van der Waals surface area contributed by atoms with Crippen molar-refractivity contribution in [3.63, 3.8) is 0 Å². The van der Waals surface area contributed by atoms with Gasteiger partial charge in [-0.25, -0.2) is 0 Å². The highest BCUT2D eigenvalue weighted by Crippen LogP contribution is 2.15. The Morgan fingerprint density at radius 3 is 2.45 bits per heavy atom. The zero-order chi connectivity index (χ0) is 15.3. The van der Waals surface area contributed by atoms with Crippen LogP contribution < -0.4 is 10.1 Å². The summed E-state index contributed by atoms with van der Waals surface area (Å²) in [7, 11) is 0. The maximum absolute atomic E-state index is 11.7. The molecule has 6 heteroatoms. The van der Waals surface area contributed by atoms with Gasteiger partial charge in [-0.3, -0.25) is 14.4 Å². The summed E-state index contributed by atoms with van der Waals surface area (Å²) in [6.45, 7) is 4.30. The first kappa shape index (κ1) is 15.7. The molecule has 1 amide bonds. The molecule has 6 nitrogen and oxygen atoms in total. The minimum Gasteiger partial charge on any atom is -0.481 e. The standard InChI is InChI=1S/C14H17NO5/c1-8(14(18)19)15-13(17)10(3)20-12-6-4-5-11(7-12)9(2)16/h4-8,10H,1-3H3,(H,15,17)(H,18,19). The second-order valence-corrected chi connectivity index (χ2v) is 4.41. The van der Waals surface area contributed by atoms with E-state index in [0.29, 0.717) is 11.3 Å². The van der Waals surface area contributed by atoms with Crippen LogP contribution in [0.15, 0.2) is 24.3 Å². The van der Waals surface area contributed by atoms with Crippen molar-refractivity contribution in [1.82, 2.24) is 5.32 Å². The summed E-state index contributed by atoms with van der Waals surface area (Å²) in [6, 6.07) is 5.46. The van der Waals surface area contributed by atoms with Crippen LogP contribution in [0.3, 0.4) is 0 Å². The lowest BCUT2D eigenvalue weighted by molar-refractivity contribution is -0.142. The fourth-order valence-electron chi connectivity index (χ4n) is 1.44. The number of rotatable bonds is 6. The van der Waals surface area contributed by atoms with Gasteiger partial charge >= 0.3 is 5.97 Å². The van der Waals surface area contributed by atoms with E-state index in [4.69, 9.17) is 9.84 Å². The molecular weight excluding hydrogens is 262 g/mol. The largest absolute Gasteiger partial charge is 0.481 e. The van der Waals surface area contributed by atoms with Gasteiger partial charge in [-0.2, -0.15) is 0 Å². The summed E-state index contributed by atoms with van der Waals surface area (Å²) in [5, 5.41) is 11.0. The Hall–Kier alpha value is -2.37. The summed E-state index contributed by atoms with van der Waals surface area (Å²) < 4.78 is 5.39. The highest BCUT2D eigenvalue weighted by molar-refractivity contribution is 5.94. The van der Waals surface area contributed by atoms with Crippen LogP contribution >= 0.6 is 0 Å². The highest BCUT2D eigenvalue weighted by Gasteiger charge is 2.20. The van der Waals surface area contributed by atoms with Crippen molar-refractivity contribution >= 4 is 17.7 Å². The molecule has 0 radical (unpaired) electrons. The number of carboxylic acid groups (broad SMARTS) is 1. The van der Waals surface area contributed by atoms with Gasteiger partial charge in [0.15, 0.2) is 11.9 Å². The number of carbonyl (C=O) groups excluding carboxylic acids is 2. The molecule has 20 heavy (non-hydrogen) atoms. The van der Waals surface area contributed by atoms with Gasteiger partial charge in [-0.15, -0.1) is 0 Å². The van der Waals surface area contributed by atoms with E-state index in [1.807, 2.05) is 0 Å². The van der Waals surface area contributed by atoms with Crippen molar-refractivity contribution in [3.8, 4) is 5.75 Å². The van der Waals surface area contributed by atoms with Gasteiger partial charge < -0.3 is 15.2 Å². The monoisotopic (exact) mass is 279 g/mol. The summed E-state index contributed by atoms with van der Waals surface area (Å²) in [5.41, 5.74) is 0.481. The lowest BCUT2D eigenvalue weighted by Gasteiger charge is -2.16. The molecule has 0 aliphatic heterocycles. The lowest BCUT2D eigenvalue weighted by Crippen LogP contribution is -2.44. The molecule has 0 fully saturated rings. The van der Waals surface area contributed by atoms with Gasteiger partial charge in [0.25, 0.3) is 5.91 Å². The van der Waals surface area contributed by atoms with E-state index in [2.05, 4.69) is 5.32 Å². The van der Waals surface area contributed by atoms with Crippen molar-refractivity contribution in [2.45, 2.75) is 32.9 Å². The molecule has 0 saturated carbocycles. The minimum absolute atomic E-state index is 0.105. The van der Waals surface area contributed by atoms with Crippen LogP contribution in [-0.2, 0) is 9.59 Å². The molecular formula is C14H17NO5. The smallest absolute Gasteiger partial charge is 0.325 e. The third kappa shape index (κ3) is 4.38. The average molecular weight is 279 g/mol. The first-order valence-electron chi connectivity index (χ1n) is 6.12. The molecule has 0 aliphatic carbocycles. The molecule has 0 bridgehead atoms. The predicted molar refractivity (Wildman–Crippen MR) is 71.8 cm³/mol.